The van der Waals surface area contributed by atoms with E-state index in [1.165, 1.54) is 24.2 Å². The number of nitrogens with one attached hydrogen (secondary N) is 2. The summed E-state index contributed by atoms with van der Waals surface area (Å²) in [4.78, 5) is 18.3. The lowest BCUT2D eigenvalue weighted by Gasteiger charge is -2.19. The molecule has 1 fully saturated rings. The van der Waals surface area contributed by atoms with Crippen molar-refractivity contribution < 1.29 is 4.79 Å². The molecule has 1 atom stereocenters. The molecule has 1 aromatic heterocycles. The SMILES string of the molecule is Cc1[nH]c(=S)sc1CC(=O)NCC1CCCN1C. The lowest BCUT2D eigenvalue weighted by molar-refractivity contribution is -0.120. The molecule has 0 spiro atoms. The van der Waals surface area contributed by atoms with Gasteiger partial charge in [0.15, 0.2) is 3.95 Å². The van der Waals surface area contributed by atoms with Crippen LogP contribution in [0.2, 0.25) is 0 Å². The highest BCUT2D eigenvalue weighted by Gasteiger charge is 2.21. The third-order valence-electron chi connectivity index (χ3n) is 3.45. The Hall–Kier alpha value is -0.720. The zero-order valence-electron chi connectivity index (χ0n) is 10.8. The smallest absolute Gasteiger partial charge is 0.225 e. The molecule has 0 aliphatic carbocycles. The van der Waals surface area contributed by atoms with Crippen molar-refractivity contribution >= 4 is 29.5 Å². The molecule has 2 rings (SSSR count). The summed E-state index contributed by atoms with van der Waals surface area (Å²) in [6.45, 7) is 3.85. The molecule has 0 bridgehead atoms. The number of rotatable bonds is 4. The monoisotopic (exact) mass is 285 g/mol. The molecule has 1 saturated heterocycles. The Morgan fingerprint density at radius 3 is 3.00 bits per heavy atom. The Kier molecular flexibility index (Phi) is 4.53. The number of aromatic nitrogens is 1. The Morgan fingerprint density at radius 2 is 2.44 bits per heavy atom. The minimum absolute atomic E-state index is 0.0867. The highest BCUT2D eigenvalue weighted by molar-refractivity contribution is 7.73. The van der Waals surface area contributed by atoms with Gasteiger partial charge >= 0.3 is 0 Å². The van der Waals surface area contributed by atoms with Gasteiger partial charge in [-0.05, 0) is 45.6 Å². The van der Waals surface area contributed by atoms with Gasteiger partial charge in [0, 0.05) is 23.2 Å². The molecule has 1 aliphatic rings. The van der Waals surface area contributed by atoms with Crippen LogP contribution in [0.5, 0.6) is 0 Å². The first-order chi connectivity index (χ1) is 8.56. The van der Waals surface area contributed by atoms with Gasteiger partial charge in [0.1, 0.15) is 0 Å². The molecular weight excluding hydrogens is 266 g/mol. The van der Waals surface area contributed by atoms with E-state index >= 15 is 0 Å². The number of likely N-dealkylation sites (tertiary alicyclic amines) is 1. The first-order valence-corrected chi connectivity index (χ1v) is 7.44. The summed E-state index contributed by atoms with van der Waals surface area (Å²) in [5.74, 6) is 0.0867. The molecule has 1 aliphatic heterocycles. The molecule has 100 valence electrons. The molecular formula is C12H19N3OS2. The van der Waals surface area contributed by atoms with Gasteiger partial charge in [-0.25, -0.2) is 0 Å². The van der Waals surface area contributed by atoms with Crippen molar-refractivity contribution in [1.82, 2.24) is 15.2 Å². The maximum absolute atomic E-state index is 11.9. The van der Waals surface area contributed by atoms with Gasteiger partial charge in [0.05, 0.1) is 6.42 Å². The molecule has 1 amide bonds. The molecule has 2 N–H and O–H groups in total. The summed E-state index contributed by atoms with van der Waals surface area (Å²) < 4.78 is 0.742. The van der Waals surface area contributed by atoms with E-state index in [9.17, 15) is 4.79 Å². The van der Waals surface area contributed by atoms with Crippen molar-refractivity contribution in [3.63, 3.8) is 0 Å². The van der Waals surface area contributed by atoms with Crippen LogP contribution in [0.25, 0.3) is 0 Å². The van der Waals surface area contributed by atoms with Crippen molar-refractivity contribution in [2.24, 2.45) is 0 Å². The quantitative estimate of drug-likeness (QED) is 0.830. The number of hydrogen-bond acceptors (Lipinski definition) is 4. The molecule has 1 unspecified atom stereocenters. The number of carbonyl (C=O) groups is 1. The van der Waals surface area contributed by atoms with Crippen LogP contribution in [0, 0.1) is 10.9 Å². The average molecular weight is 285 g/mol. The molecule has 18 heavy (non-hydrogen) atoms. The van der Waals surface area contributed by atoms with Crippen LogP contribution in [0.3, 0.4) is 0 Å². The van der Waals surface area contributed by atoms with E-state index in [2.05, 4.69) is 22.2 Å². The van der Waals surface area contributed by atoms with Crippen LogP contribution in [0.1, 0.15) is 23.4 Å². The summed E-state index contributed by atoms with van der Waals surface area (Å²) in [6.07, 6.45) is 2.84. The molecule has 0 radical (unpaired) electrons. The van der Waals surface area contributed by atoms with E-state index in [-0.39, 0.29) is 5.91 Å². The normalized spacial score (nSPS) is 20.2. The highest BCUT2D eigenvalue weighted by atomic mass is 32.1. The molecule has 0 saturated carbocycles. The van der Waals surface area contributed by atoms with Crippen molar-refractivity contribution in [3.8, 4) is 0 Å². The Balaban J connectivity index is 1.82. The first kappa shape index (κ1) is 13.7. The maximum Gasteiger partial charge on any atom is 0.225 e. The van der Waals surface area contributed by atoms with Gasteiger partial charge in [-0.15, -0.1) is 11.3 Å². The number of likely N-dealkylation sites (N-methyl/N-ethyl adjacent to an activating group) is 1. The number of hydrogen-bond donors (Lipinski definition) is 2. The molecule has 1 aromatic rings. The summed E-state index contributed by atoms with van der Waals surface area (Å²) in [5.41, 5.74) is 1.01. The van der Waals surface area contributed by atoms with Crippen molar-refractivity contribution in [3.05, 3.63) is 14.5 Å². The van der Waals surface area contributed by atoms with E-state index in [0.717, 1.165) is 27.6 Å². The van der Waals surface area contributed by atoms with E-state index in [4.69, 9.17) is 12.2 Å². The standard InChI is InChI=1S/C12H19N3OS2/c1-8-10(18-12(17)14-8)6-11(16)13-7-9-4-3-5-15(9)2/h9H,3-7H2,1-2H3,(H,13,16)(H,14,17). The van der Waals surface area contributed by atoms with E-state index in [0.29, 0.717) is 12.5 Å². The van der Waals surface area contributed by atoms with E-state index in [1.54, 1.807) is 0 Å². The van der Waals surface area contributed by atoms with Gasteiger partial charge in [-0.1, -0.05) is 0 Å². The van der Waals surface area contributed by atoms with E-state index < -0.39 is 0 Å². The summed E-state index contributed by atoms with van der Waals surface area (Å²) in [6, 6.07) is 0.499. The van der Waals surface area contributed by atoms with Gasteiger partial charge in [-0.2, -0.15) is 0 Å². The summed E-state index contributed by atoms with van der Waals surface area (Å²) in [7, 11) is 2.12. The Labute approximate surface area is 116 Å². The van der Waals surface area contributed by atoms with Crippen LogP contribution in [-0.2, 0) is 11.2 Å². The van der Waals surface area contributed by atoms with Gasteiger partial charge < -0.3 is 15.2 Å². The lowest BCUT2D eigenvalue weighted by atomic mass is 10.2. The third kappa shape index (κ3) is 3.40. The summed E-state index contributed by atoms with van der Waals surface area (Å²) in [5, 5.41) is 3.02. The van der Waals surface area contributed by atoms with Crippen LogP contribution >= 0.6 is 23.6 Å². The van der Waals surface area contributed by atoms with Crippen molar-refractivity contribution in [2.75, 3.05) is 20.1 Å². The Morgan fingerprint density at radius 1 is 1.67 bits per heavy atom. The minimum Gasteiger partial charge on any atom is -0.354 e. The number of aromatic amines is 1. The minimum atomic E-state index is 0.0867. The lowest BCUT2D eigenvalue weighted by Crippen LogP contribution is -2.38. The predicted molar refractivity (Wildman–Crippen MR) is 76.6 cm³/mol. The number of aryl methyl sites for hydroxylation is 1. The number of H-pyrrole nitrogens is 1. The van der Waals surface area contributed by atoms with Gasteiger partial charge in [0.25, 0.3) is 0 Å². The van der Waals surface area contributed by atoms with Gasteiger partial charge in [0.2, 0.25) is 5.91 Å². The number of thiazole rings is 1. The topological polar surface area (TPSA) is 48.1 Å². The third-order valence-corrected chi connectivity index (χ3v) is 4.79. The molecule has 2 heterocycles. The second-order valence-electron chi connectivity index (χ2n) is 4.82. The largest absolute Gasteiger partial charge is 0.354 e. The second-order valence-corrected chi connectivity index (χ2v) is 6.59. The van der Waals surface area contributed by atoms with Crippen molar-refractivity contribution in [2.45, 2.75) is 32.2 Å². The van der Waals surface area contributed by atoms with Crippen LogP contribution in [0.4, 0.5) is 0 Å². The maximum atomic E-state index is 11.9. The molecule has 0 aromatic carbocycles. The summed E-state index contributed by atoms with van der Waals surface area (Å²) >= 11 is 6.55. The fourth-order valence-electron chi connectivity index (χ4n) is 2.28. The Bertz CT molecular complexity index is 480. The van der Waals surface area contributed by atoms with E-state index in [1.807, 2.05) is 6.92 Å². The van der Waals surface area contributed by atoms with Gasteiger partial charge in [-0.3, -0.25) is 4.79 Å². The second kappa shape index (κ2) is 5.95. The fraction of sp³-hybridized carbons (Fsp3) is 0.667. The number of carbonyl (C=O) groups excluding carboxylic acids is 1. The molecule has 4 nitrogen and oxygen atoms in total. The zero-order chi connectivity index (χ0) is 13.1. The number of nitrogens with zero attached hydrogens (tertiary/aromatic N) is 1. The van der Waals surface area contributed by atoms with Crippen LogP contribution in [-0.4, -0.2) is 42.0 Å². The number of amides is 1. The fourth-order valence-corrected chi connectivity index (χ4v) is 3.57. The first-order valence-electron chi connectivity index (χ1n) is 6.22. The highest BCUT2D eigenvalue weighted by Crippen LogP contribution is 2.16. The zero-order valence-corrected chi connectivity index (χ0v) is 12.4. The van der Waals surface area contributed by atoms with Crippen molar-refractivity contribution in [1.29, 1.82) is 0 Å². The van der Waals surface area contributed by atoms with Crippen LogP contribution in [0.15, 0.2) is 0 Å². The average Bonchev–Trinajstić information content (AvgIpc) is 2.83. The van der Waals surface area contributed by atoms with Crippen LogP contribution < -0.4 is 5.32 Å². The molecule has 6 heteroatoms. The predicted octanol–water partition coefficient (Wildman–Crippen LogP) is 1.87.